The topological polar surface area (TPSA) is 65.6 Å². The lowest BCUT2D eigenvalue weighted by molar-refractivity contribution is -0.0888. The van der Waals surface area contributed by atoms with Crippen LogP contribution in [0.2, 0.25) is 0 Å². The molecular weight excluding hydrogens is 251 g/mol. The number of halogens is 3. The van der Waals surface area contributed by atoms with Crippen molar-refractivity contribution >= 4 is 5.78 Å². The predicted octanol–water partition coefficient (Wildman–Crippen LogP) is 0.805. The summed E-state index contributed by atoms with van der Waals surface area (Å²) in [6.07, 6.45) is -0.753. The average Bonchev–Trinajstić information content (AvgIpc) is 2.87. The Labute approximate surface area is 99.0 Å². The van der Waals surface area contributed by atoms with E-state index in [0.29, 0.717) is 5.82 Å². The molecular formula is C9H8F3N5O. The number of alkyl halides is 3. The molecule has 0 unspecified atom stereocenters. The maximum atomic E-state index is 12.1. The number of rotatable bonds is 3. The Hall–Kier alpha value is -2.19. The van der Waals surface area contributed by atoms with Crippen LogP contribution < -0.4 is 0 Å². The lowest BCUT2D eigenvalue weighted by Gasteiger charge is -2.01. The molecule has 0 bridgehead atoms. The van der Waals surface area contributed by atoms with Crippen LogP contribution in [0.3, 0.4) is 0 Å². The van der Waals surface area contributed by atoms with Crippen LogP contribution in [0, 0.1) is 0 Å². The summed E-state index contributed by atoms with van der Waals surface area (Å²) < 4.78 is 39.2. The average molecular weight is 259 g/mol. The molecule has 0 aliphatic heterocycles. The fourth-order valence-electron chi connectivity index (χ4n) is 1.32. The normalized spacial score (nSPS) is 11.8. The zero-order valence-electron chi connectivity index (χ0n) is 9.22. The third kappa shape index (κ3) is 2.39. The van der Waals surface area contributed by atoms with Gasteiger partial charge < -0.3 is 4.57 Å². The highest BCUT2D eigenvalue weighted by atomic mass is 19.4. The van der Waals surface area contributed by atoms with Gasteiger partial charge in [-0.05, 0) is 0 Å². The summed E-state index contributed by atoms with van der Waals surface area (Å²) in [5.74, 6) is -1.42. The van der Waals surface area contributed by atoms with Gasteiger partial charge in [0, 0.05) is 19.4 Å². The van der Waals surface area contributed by atoms with E-state index in [9.17, 15) is 18.0 Å². The van der Waals surface area contributed by atoms with E-state index in [0.717, 1.165) is 10.9 Å². The standard InChI is InChI=1S/C9H8F3N5O/c1-16-3-2-13-7(16)5-17-4-6(14-15-17)8(18)9(10,11)12/h2-4H,5H2,1H3. The van der Waals surface area contributed by atoms with E-state index in [4.69, 9.17) is 0 Å². The molecule has 2 aromatic heterocycles. The van der Waals surface area contributed by atoms with E-state index in [1.807, 2.05) is 0 Å². The van der Waals surface area contributed by atoms with Gasteiger partial charge >= 0.3 is 6.18 Å². The van der Waals surface area contributed by atoms with Crippen LogP contribution in [0.4, 0.5) is 13.2 Å². The van der Waals surface area contributed by atoms with Crippen LogP contribution in [0.1, 0.15) is 16.3 Å². The van der Waals surface area contributed by atoms with Crippen molar-refractivity contribution in [1.29, 1.82) is 0 Å². The maximum absolute atomic E-state index is 12.1. The van der Waals surface area contributed by atoms with Crippen LogP contribution in [-0.2, 0) is 13.6 Å². The highest BCUT2D eigenvalue weighted by molar-refractivity contribution is 5.98. The number of carbonyl (C=O) groups excluding carboxylic acids is 1. The summed E-state index contributed by atoms with van der Waals surface area (Å²) in [7, 11) is 1.74. The van der Waals surface area contributed by atoms with Gasteiger partial charge in [-0.2, -0.15) is 13.2 Å². The van der Waals surface area contributed by atoms with E-state index in [2.05, 4.69) is 15.3 Å². The molecule has 0 amide bonds. The highest BCUT2D eigenvalue weighted by Gasteiger charge is 2.41. The minimum absolute atomic E-state index is 0.141. The summed E-state index contributed by atoms with van der Waals surface area (Å²) in [4.78, 5) is 14.9. The fraction of sp³-hybridized carbons (Fsp3) is 0.333. The van der Waals surface area contributed by atoms with E-state index in [1.54, 1.807) is 24.0 Å². The minimum atomic E-state index is -4.94. The number of ketones is 1. The fourth-order valence-corrected chi connectivity index (χ4v) is 1.32. The first-order chi connectivity index (χ1) is 8.38. The molecule has 0 saturated heterocycles. The first-order valence-electron chi connectivity index (χ1n) is 4.86. The van der Waals surface area contributed by atoms with E-state index < -0.39 is 17.7 Å². The Morgan fingerprint density at radius 3 is 2.72 bits per heavy atom. The van der Waals surface area contributed by atoms with Crippen molar-refractivity contribution in [3.63, 3.8) is 0 Å². The summed E-state index contributed by atoms with van der Waals surface area (Å²) in [6.45, 7) is 0.141. The molecule has 0 aliphatic carbocycles. The Morgan fingerprint density at radius 2 is 2.17 bits per heavy atom. The SMILES string of the molecule is Cn1ccnc1Cn1cc(C(=O)C(F)(F)F)nn1. The monoisotopic (exact) mass is 259 g/mol. The van der Waals surface area contributed by atoms with Crippen molar-refractivity contribution in [2.24, 2.45) is 7.05 Å². The Bertz CT molecular complexity index is 571. The number of nitrogens with zero attached hydrogens (tertiary/aromatic N) is 5. The molecule has 6 nitrogen and oxygen atoms in total. The van der Waals surface area contributed by atoms with E-state index in [-0.39, 0.29) is 6.54 Å². The molecule has 2 aromatic rings. The van der Waals surface area contributed by atoms with Gasteiger partial charge in [-0.25, -0.2) is 9.67 Å². The summed E-state index contributed by atoms with van der Waals surface area (Å²) in [6, 6.07) is 0. The molecule has 0 radical (unpaired) electrons. The van der Waals surface area contributed by atoms with Gasteiger partial charge in [-0.15, -0.1) is 5.10 Å². The molecule has 2 rings (SSSR count). The Balaban J connectivity index is 2.17. The number of imidazole rings is 1. The minimum Gasteiger partial charge on any atom is -0.336 e. The zero-order valence-corrected chi connectivity index (χ0v) is 9.22. The number of hydrogen-bond donors (Lipinski definition) is 0. The highest BCUT2D eigenvalue weighted by Crippen LogP contribution is 2.19. The predicted molar refractivity (Wildman–Crippen MR) is 52.7 cm³/mol. The second-order valence-electron chi connectivity index (χ2n) is 3.58. The molecule has 0 N–H and O–H groups in total. The van der Waals surface area contributed by atoms with Crippen molar-refractivity contribution in [3.05, 3.63) is 30.1 Å². The van der Waals surface area contributed by atoms with Crippen LogP contribution in [0.25, 0.3) is 0 Å². The van der Waals surface area contributed by atoms with Gasteiger partial charge in [0.15, 0.2) is 5.69 Å². The zero-order chi connectivity index (χ0) is 13.3. The van der Waals surface area contributed by atoms with Crippen molar-refractivity contribution in [1.82, 2.24) is 24.5 Å². The second-order valence-corrected chi connectivity index (χ2v) is 3.58. The van der Waals surface area contributed by atoms with Gasteiger partial charge in [-0.3, -0.25) is 4.79 Å². The number of aryl methyl sites for hydroxylation is 1. The molecule has 0 saturated carbocycles. The van der Waals surface area contributed by atoms with Gasteiger partial charge in [0.25, 0.3) is 5.78 Å². The first-order valence-corrected chi connectivity index (χ1v) is 4.86. The van der Waals surface area contributed by atoms with Crippen LogP contribution >= 0.6 is 0 Å². The lowest BCUT2D eigenvalue weighted by atomic mass is 10.3. The molecule has 96 valence electrons. The van der Waals surface area contributed by atoms with Gasteiger partial charge in [0.2, 0.25) is 0 Å². The number of Topliss-reactive ketones (excluding diaryl/α,β-unsaturated/α-hetero) is 1. The van der Waals surface area contributed by atoms with E-state index >= 15 is 0 Å². The molecule has 9 heteroatoms. The van der Waals surface area contributed by atoms with Gasteiger partial charge in [0.1, 0.15) is 12.4 Å². The smallest absolute Gasteiger partial charge is 0.336 e. The lowest BCUT2D eigenvalue weighted by Crippen LogP contribution is -2.23. The quantitative estimate of drug-likeness (QED) is 0.765. The largest absolute Gasteiger partial charge is 0.456 e. The molecule has 0 aromatic carbocycles. The maximum Gasteiger partial charge on any atom is 0.456 e. The Morgan fingerprint density at radius 1 is 1.44 bits per heavy atom. The van der Waals surface area contributed by atoms with Gasteiger partial charge in [0.05, 0.1) is 6.20 Å². The third-order valence-corrected chi connectivity index (χ3v) is 2.25. The first kappa shape index (κ1) is 12.3. The number of hydrogen-bond acceptors (Lipinski definition) is 4. The van der Waals surface area contributed by atoms with Crippen molar-refractivity contribution < 1.29 is 18.0 Å². The molecule has 0 spiro atoms. The molecule has 0 aliphatic rings. The van der Waals surface area contributed by atoms with Gasteiger partial charge in [-0.1, -0.05) is 5.21 Å². The summed E-state index contributed by atoms with van der Waals surface area (Å²) in [5.41, 5.74) is -0.725. The van der Waals surface area contributed by atoms with Crippen LogP contribution in [0.5, 0.6) is 0 Å². The van der Waals surface area contributed by atoms with Crippen LogP contribution in [0.15, 0.2) is 18.6 Å². The van der Waals surface area contributed by atoms with E-state index in [1.165, 1.54) is 0 Å². The summed E-state index contributed by atoms with van der Waals surface area (Å²) in [5, 5.41) is 6.66. The molecule has 2 heterocycles. The van der Waals surface area contributed by atoms with Crippen molar-refractivity contribution in [3.8, 4) is 0 Å². The molecule has 18 heavy (non-hydrogen) atoms. The van der Waals surface area contributed by atoms with Crippen molar-refractivity contribution in [2.75, 3.05) is 0 Å². The number of aromatic nitrogens is 5. The summed E-state index contributed by atoms with van der Waals surface area (Å²) >= 11 is 0. The van der Waals surface area contributed by atoms with Crippen molar-refractivity contribution in [2.45, 2.75) is 12.7 Å². The molecule has 0 atom stereocenters. The van der Waals surface area contributed by atoms with Crippen LogP contribution in [-0.4, -0.2) is 36.5 Å². The Kier molecular flexibility index (Phi) is 2.89. The second kappa shape index (κ2) is 4.24. The third-order valence-electron chi connectivity index (χ3n) is 2.25. The number of carbonyl (C=O) groups is 1. The molecule has 0 fully saturated rings.